The smallest absolute Gasteiger partial charge is 0.223 e. The van der Waals surface area contributed by atoms with Crippen molar-refractivity contribution in [2.75, 3.05) is 34.4 Å². The third-order valence-corrected chi connectivity index (χ3v) is 5.72. The molecule has 0 aliphatic carbocycles. The maximum Gasteiger partial charge on any atom is 0.223 e. The number of carbonyl (C=O) groups excluding carboxylic acids is 1. The standard InChI is InChI=1S/C20H30N2O3/c1-21-12-4-6-16(21)17-7-5-13-22(17)20(23)11-9-15-8-10-18(24-2)19(14-15)25-3/h8,10,14,16-17H,4-7,9,11-13H2,1-3H3. The third kappa shape index (κ3) is 3.92. The van der Waals surface area contributed by atoms with Crippen LogP contribution in [-0.4, -0.2) is 62.1 Å². The van der Waals surface area contributed by atoms with Crippen molar-refractivity contribution in [2.24, 2.45) is 0 Å². The minimum atomic E-state index is 0.289. The van der Waals surface area contributed by atoms with Crippen molar-refractivity contribution in [1.29, 1.82) is 0 Å². The van der Waals surface area contributed by atoms with Crippen LogP contribution in [0, 0.1) is 0 Å². The lowest BCUT2D eigenvalue weighted by Crippen LogP contribution is -2.47. The average Bonchev–Trinajstić information content (AvgIpc) is 3.27. The van der Waals surface area contributed by atoms with E-state index in [-0.39, 0.29) is 5.91 Å². The highest BCUT2D eigenvalue weighted by Gasteiger charge is 2.37. The molecule has 0 aromatic heterocycles. The number of hydrogen-bond acceptors (Lipinski definition) is 4. The Morgan fingerprint density at radius 3 is 2.48 bits per heavy atom. The summed E-state index contributed by atoms with van der Waals surface area (Å²) in [6.07, 6.45) is 6.06. The average molecular weight is 346 g/mol. The van der Waals surface area contributed by atoms with Gasteiger partial charge in [0, 0.05) is 25.0 Å². The molecule has 0 spiro atoms. The van der Waals surface area contributed by atoms with Gasteiger partial charge in [-0.15, -0.1) is 0 Å². The number of rotatable bonds is 6. The summed E-state index contributed by atoms with van der Waals surface area (Å²) in [6.45, 7) is 2.08. The lowest BCUT2D eigenvalue weighted by molar-refractivity contribution is -0.132. The van der Waals surface area contributed by atoms with Gasteiger partial charge in [0.25, 0.3) is 0 Å². The summed E-state index contributed by atoms with van der Waals surface area (Å²) in [7, 11) is 5.47. The Bertz CT molecular complexity index is 605. The molecule has 0 N–H and O–H groups in total. The highest BCUT2D eigenvalue weighted by atomic mass is 16.5. The van der Waals surface area contributed by atoms with Crippen molar-refractivity contribution >= 4 is 5.91 Å². The van der Waals surface area contributed by atoms with Gasteiger partial charge in [-0.3, -0.25) is 4.79 Å². The fourth-order valence-electron chi connectivity index (χ4n) is 4.36. The Kier molecular flexibility index (Phi) is 5.84. The van der Waals surface area contributed by atoms with E-state index in [9.17, 15) is 4.79 Å². The Hall–Kier alpha value is -1.75. The second kappa shape index (κ2) is 8.09. The van der Waals surface area contributed by atoms with Crippen molar-refractivity contribution in [2.45, 2.75) is 50.6 Å². The Balaban J connectivity index is 1.60. The summed E-state index contributed by atoms with van der Waals surface area (Å²) in [4.78, 5) is 17.4. The van der Waals surface area contributed by atoms with Gasteiger partial charge >= 0.3 is 0 Å². The van der Waals surface area contributed by atoms with Gasteiger partial charge in [0.2, 0.25) is 5.91 Å². The maximum atomic E-state index is 12.8. The molecular formula is C20H30N2O3. The Labute approximate surface area is 150 Å². The first-order chi connectivity index (χ1) is 12.1. The van der Waals surface area contributed by atoms with Crippen LogP contribution in [0.3, 0.4) is 0 Å². The molecule has 25 heavy (non-hydrogen) atoms. The number of benzene rings is 1. The van der Waals surface area contributed by atoms with E-state index in [0.29, 0.717) is 18.5 Å². The highest BCUT2D eigenvalue weighted by Crippen LogP contribution is 2.30. The first kappa shape index (κ1) is 18.1. The number of amides is 1. The number of hydrogen-bond donors (Lipinski definition) is 0. The number of aryl methyl sites for hydroxylation is 1. The van der Waals surface area contributed by atoms with Gasteiger partial charge in [-0.2, -0.15) is 0 Å². The van der Waals surface area contributed by atoms with Gasteiger partial charge in [0.1, 0.15) is 0 Å². The first-order valence-corrected chi connectivity index (χ1v) is 9.34. The predicted molar refractivity (Wildman–Crippen MR) is 98.3 cm³/mol. The normalized spacial score (nSPS) is 23.9. The van der Waals surface area contributed by atoms with E-state index in [1.165, 1.54) is 12.8 Å². The van der Waals surface area contributed by atoms with Gasteiger partial charge in [-0.1, -0.05) is 6.07 Å². The molecule has 2 heterocycles. The highest BCUT2D eigenvalue weighted by molar-refractivity contribution is 5.77. The van der Waals surface area contributed by atoms with Gasteiger partial charge in [-0.05, 0) is 63.4 Å². The van der Waals surface area contributed by atoms with Crippen LogP contribution in [0.5, 0.6) is 11.5 Å². The third-order valence-electron chi connectivity index (χ3n) is 5.72. The molecule has 2 unspecified atom stereocenters. The first-order valence-electron chi connectivity index (χ1n) is 9.34. The lowest BCUT2D eigenvalue weighted by Gasteiger charge is -2.33. The molecular weight excluding hydrogens is 316 g/mol. The fraction of sp³-hybridized carbons (Fsp3) is 0.650. The van der Waals surface area contributed by atoms with Crippen LogP contribution < -0.4 is 9.47 Å². The molecule has 2 aliphatic rings. The van der Waals surface area contributed by atoms with E-state index >= 15 is 0 Å². The number of likely N-dealkylation sites (tertiary alicyclic amines) is 2. The van der Waals surface area contributed by atoms with Crippen LogP contribution in [0.2, 0.25) is 0 Å². The molecule has 138 valence electrons. The molecule has 2 aliphatic heterocycles. The van der Waals surface area contributed by atoms with Crippen molar-refractivity contribution in [1.82, 2.24) is 9.80 Å². The molecule has 5 nitrogen and oxygen atoms in total. The predicted octanol–water partition coefficient (Wildman–Crippen LogP) is 2.72. The van der Waals surface area contributed by atoms with Crippen molar-refractivity contribution in [3.05, 3.63) is 23.8 Å². The minimum Gasteiger partial charge on any atom is -0.493 e. The second-order valence-corrected chi connectivity index (χ2v) is 7.18. The quantitative estimate of drug-likeness (QED) is 0.794. The molecule has 0 bridgehead atoms. The summed E-state index contributed by atoms with van der Waals surface area (Å²) < 4.78 is 10.6. The zero-order valence-corrected chi connectivity index (χ0v) is 15.7. The summed E-state index contributed by atoms with van der Waals surface area (Å²) in [5, 5.41) is 0. The van der Waals surface area contributed by atoms with E-state index < -0.39 is 0 Å². The molecule has 0 radical (unpaired) electrons. The number of methoxy groups -OCH3 is 2. The van der Waals surface area contributed by atoms with Crippen molar-refractivity contribution in [3.8, 4) is 11.5 Å². The van der Waals surface area contributed by atoms with Crippen LogP contribution in [0.25, 0.3) is 0 Å². The Morgan fingerprint density at radius 1 is 1.08 bits per heavy atom. The fourth-order valence-corrected chi connectivity index (χ4v) is 4.36. The van der Waals surface area contributed by atoms with Crippen LogP contribution >= 0.6 is 0 Å². The van der Waals surface area contributed by atoms with Crippen molar-refractivity contribution in [3.63, 3.8) is 0 Å². The minimum absolute atomic E-state index is 0.289. The monoisotopic (exact) mass is 346 g/mol. The topological polar surface area (TPSA) is 42.0 Å². The molecule has 1 aromatic carbocycles. The molecule has 1 amide bonds. The molecule has 5 heteroatoms. The largest absolute Gasteiger partial charge is 0.493 e. The lowest BCUT2D eigenvalue weighted by atomic mass is 10.0. The molecule has 0 saturated carbocycles. The number of likely N-dealkylation sites (N-methyl/N-ethyl adjacent to an activating group) is 1. The summed E-state index contributed by atoms with van der Waals surface area (Å²) >= 11 is 0. The summed E-state index contributed by atoms with van der Waals surface area (Å²) in [6, 6.07) is 6.85. The van der Waals surface area contributed by atoms with E-state index in [0.717, 1.165) is 49.4 Å². The molecule has 1 aromatic rings. The molecule has 2 atom stereocenters. The number of carbonyl (C=O) groups is 1. The SMILES string of the molecule is COc1ccc(CCC(=O)N2CCCC2C2CCCN2C)cc1OC. The van der Waals surface area contributed by atoms with Crippen LogP contribution in [0.4, 0.5) is 0 Å². The maximum absolute atomic E-state index is 12.8. The zero-order chi connectivity index (χ0) is 17.8. The zero-order valence-electron chi connectivity index (χ0n) is 15.7. The Morgan fingerprint density at radius 2 is 1.80 bits per heavy atom. The van der Waals surface area contributed by atoms with Crippen molar-refractivity contribution < 1.29 is 14.3 Å². The van der Waals surface area contributed by atoms with E-state index in [1.54, 1.807) is 14.2 Å². The van der Waals surface area contributed by atoms with E-state index in [4.69, 9.17) is 9.47 Å². The van der Waals surface area contributed by atoms with Crippen LogP contribution in [0.1, 0.15) is 37.7 Å². The van der Waals surface area contributed by atoms with Crippen LogP contribution in [-0.2, 0) is 11.2 Å². The molecule has 2 fully saturated rings. The van der Waals surface area contributed by atoms with E-state index in [2.05, 4.69) is 16.8 Å². The van der Waals surface area contributed by atoms with E-state index in [1.807, 2.05) is 18.2 Å². The molecule has 2 saturated heterocycles. The summed E-state index contributed by atoms with van der Waals surface area (Å²) in [5.74, 6) is 1.73. The number of nitrogens with zero attached hydrogens (tertiary/aromatic N) is 2. The molecule has 3 rings (SSSR count). The second-order valence-electron chi connectivity index (χ2n) is 7.18. The van der Waals surface area contributed by atoms with Gasteiger partial charge < -0.3 is 19.3 Å². The summed E-state index contributed by atoms with van der Waals surface area (Å²) in [5.41, 5.74) is 1.11. The van der Waals surface area contributed by atoms with Gasteiger partial charge in [0.15, 0.2) is 11.5 Å². The van der Waals surface area contributed by atoms with Gasteiger partial charge in [0.05, 0.1) is 14.2 Å². The van der Waals surface area contributed by atoms with Gasteiger partial charge in [-0.25, -0.2) is 0 Å². The number of ether oxygens (including phenoxy) is 2. The van der Waals surface area contributed by atoms with Crippen LogP contribution in [0.15, 0.2) is 18.2 Å².